The van der Waals surface area contributed by atoms with Crippen molar-refractivity contribution in [2.24, 2.45) is 0 Å². The SMILES string of the molecule is Cc1cc(C)cc(C(=O)Nc2ccccc2SSc2ccccc2NC(=O)c2cc(C)cc(C)c2)c1. The number of amides is 2. The first kappa shape index (κ1) is 25.6. The van der Waals surface area contributed by atoms with E-state index in [2.05, 4.69) is 10.6 Å². The lowest BCUT2D eigenvalue weighted by molar-refractivity contribution is 0.101. The Labute approximate surface area is 220 Å². The van der Waals surface area contributed by atoms with E-state index in [1.54, 1.807) is 0 Å². The van der Waals surface area contributed by atoms with Crippen LogP contribution < -0.4 is 10.6 Å². The number of carbonyl (C=O) groups is 2. The van der Waals surface area contributed by atoms with Gasteiger partial charge in [-0.2, -0.15) is 0 Å². The van der Waals surface area contributed by atoms with Gasteiger partial charge in [0.05, 0.1) is 11.4 Å². The van der Waals surface area contributed by atoms with Gasteiger partial charge in [0.15, 0.2) is 0 Å². The minimum Gasteiger partial charge on any atom is -0.321 e. The van der Waals surface area contributed by atoms with E-state index in [1.165, 1.54) is 21.6 Å². The summed E-state index contributed by atoms with van der Waals surface area (Å²) in [5.74, 6) is -0.276. The molecule has 0 aliphatic carbocycles. The third kappa shape index (κ3) is 6.59. The van der Waals surface area contributed by atoms with Crippen molar-refractivity contribution < 1.29 is 9.59 Å². The fourth-order valence-electron chi connectivity index (χ4n) is 3.98. The van der Waals surface area contributed by atoms with Crippen LogP contribution in [0.25, 0.3) is 0 Å². The van der Waals surface area contributed by atoms with Crippen molar-refractivity contribution in [2.45, 2.75) is 37.5 Å². The summed E-state index contributed by atoms with van der Waals surface area (Å²) in [5, 5.41) is 6.11. The first-order valence-corrected chi connectivity index (χ1v) is 13.8. The maximum atomic E-state index is 12.9. The molecule has 0 bridgehead atoms. The van der Waals surface area contributed by atoms with Crippen LogP contribution in [0.2, 0.25) is 0 Å². The molecule has 0 radical (unpaired) electrons. The third-order valence-corrected chi connectivity index (χ3v) is 7.94. The zero-order valence-electron chi connectivity index (χ0n) is 20.7. The van der Waals surface area contributed by atoms with Gasteiger partial charge in [-0.1, -0.05) is 80.2 Å². The predicted octanol–water partition coefficient (Wildman–Crippen LogP) is 8.22. The normalized spacial score (nSPS) is 10.7. The summed E-state index contributed by atoms with van der Waals surface area (Å²) in [6.07, 6.45) is 0. The number of rotatable bonds is 7. The Morgan fingerprint density at radius 1 is 0.528 bits per heavy atom. The van der Waals surface area contributed by atoms with Gasteiger partial charge in [-0.05, 0) is 76.2 Å². The van der Waals surface area contributed by atoms with E-state index < -0.39 is 0 Å². The molecule has 182 valence electrons. The molecule has 0 spiro atoms. The van der Waals surface area contributed by atoms with Gasteiger partial charge in [0, 0.05) is 20.9 Å². The molecule has 0 heterocycles. The van der Waals surface area contributed by atoms with E-state index in [0.717, 1.165) is 43.4 Å². The van der Waals surface area contributed by atoms with Crippen LogP contribution in [-0.4, -0.2) is 11.8 Å². The number of hydrogen-bond donors (Lipinski definition) is 2. The van der Waals surface area contributed by atoms with Crippen molar-refractivity contribution in [3.05, 3.63) is 118 Å². The molecule has 2 amide bonds. The van der Waals surface area contributed by atoms with E-state index in [0.29, 0.717) is 11.1 Å². The number of nitrogens with one attached hydrogen (secondary N) is 2. The molecular formula is C30H28N2O2S2. The molecule has 4 aromatic rings. The first-order chi connectivity index (χ1) is 17.3. The summed E-state index contributed by atoms with van der Waals surface area (Å²) in [4.78, 5) is 27.7. The number of carbonyl (C=O) groups excluding carboxylic acids is 2. The van der Waals surface area contributed by atoms with Crippen LogP contribution in [0.4, 0.5) is 11.4 Å². The minimum absolute atomic E-state index is 0.138. The summed E-state index contributed by atoms with van der Waals surface area (Å²) >= 11 is 0. The Morgan fingerprint density at radius 2 is 0.861 bits per heavy atom. The van der Waals surface area contributed by atoms with Crippen molar-refractivity contribution in [3.63, 3.8) is 0 Å². The highest BCUT2D eigenvalue weighted by atomic mass is 33.1. The van der Waals surface area contributed by atoms with Gasteiger partial charge in [0.25, 0.3) is 11.8 Å². The van der Waals surface area contributed by atoms with Crippen molar-refractivity contribution in [1.82, 2.24) is 0 Å². The van der Waals surface area contributed by atoms with E-state index >= 15 is 0 Å². The highest BCUT2D eigenvalue weighted by molar-refractivity contribution is 8.76. The molecule has 4 nitrogen and oxygen atoms in total. The Hall–Kier alpha value is -3.48. The zero-order chi connectivity index (χ0) is 25.7. The highest BCUT2D eigenvalue weighted by Gasteiger charge is 2.14. The van der Waals surface area contributed by atoms with Gasteiger partial charge < -0.3 is 10.6 Å². The van der Waals surface area contributed by atoms with Crippen LogP contribution in [0.1, 0.15) is 43.0 Å². The lowest BCUT2D eigenvalue weighted by atomic mass is 10.1. The van der Waals surface area contributed by atoms with Crippen LogP contribution in [0.15, 0.2) is 94.7 Å². The van der Waals surface area contributed by atoms with Crippen LogP contribution >= 0.6 is 21.6 Å². The Bertz CT molecular complexity index is 1280. The molecule has 0 unspecified atom stereocenters. The van der Waals surface area contributed by atoms with E-state index in [4.69, 9.17) is 0 Å². The Morgan fingerprint density at radius 3 is 1.22 bits per heavy atom. The topological polar surface area (TPSA) is 58.2 Å². The molecule has 6 heteroatoms. The van der Waals surface area contributed by atoms with Crippen LogP contribution in [0.5, 0.6) is 0 Å². The van der Waals surface area contributed by atoms with Gasteiger partial charge in [-0.15, -0.1) is 0 Å². The maximum absolute atomic E-state index is 12.9. The van der Waals surface area contributed by atoms with Crippen molar-refractivity contribution >= 4 is 44.8 Å². The van der Waals surface area contributed by atoms with Crippen LogP contribution in [0, 0.1) is 27.7 Å². The molecule has 0 aromatic heterocycles. The number of anilines is 2. The molecule has 0 saturated carbocycles. The molecule has 0 saturated heterocycles. The smallest absolute Gasteiger partial charge is 0.255 e. The average Bonchev–Trinajstić information content (AvgIpc) is 2.83. The second-order valence-corrected chi connectivity index (χ2v) is 11.0. The Balaban J connectivity index is 1.49. The second kappa shape index (κ2) is 11.5. The quantitative estimate of drug-likeness (QED) is 0.245. The fraction of sp³-hybridized carbons (Fsp3) is 0.133. The number of para-hydroxylation sites is 2. The molecule has 0 fully saturated rings. The van der Waals surface area contributed by atoms with Gasteiger partial charge in [0.1, 0.15) is 0 Å². The number of benzene rings is 4. The van der Waals surface area contributed by atoms with Gasteiger partial charge in [-0.3, -0.25) is 9.59 Å². The van der Waals surface area contributed by atoms with E-state index in [1.807, 2.05) is 113 Å². The molecule has 2 N–H and O–H groups in total. The van der Waals surface area contributed by atoms with Gasteiger partial charge in [0.2, 0.25) is 0 Å². The predicted molar refractivity (Wildman–Crippen MR) is 152 cm³/mol. The zero-order valence-corrected chi connectivity index (χ0v) is 22.3. The summed E-state index contributed by atoms with van der Waals surface area (Å²) in [6.45, 7) is 7.95. The molecular weight excluding hydrogens is 484 g/mol. The summed E-state index contributed by atoms with van der Waals surface area (Å²) in [7, 11) is 3.07. The third-order valence-electron chi connectivity index (χ3n) is 5.46. The first-order valence-electron chi connectivity index (χ1n) is 11.6. The van der Waals surface area contributed by atoms with Crippen molar-refractivity contribution in [1.29, 1.82) is 0 Å². The van der Waals surface area contributed by atoms with Gasteiger partial charge in [-0.25, -0.2) is 0 Å². The lowest BCUT2D eigenvalue weighted by Crippen LogP contribution is -2.13. The second-order valence-electron chi connectivity index (χ2n) is 8.82. The summed E-state index contributed by atoms with van der Waals surface area (Å²) < 4.78 is 0. The van der Waals surface area contributed by atoms with Crippen LogP contribution in [0.3, 0.4) is 0 Å². The monoisotopic (exact) mass is 512 g/mol. The molecule has 0 aliphatic heterocycles. The molecule has 0 aliphatic rings. The molecule has 4 rings (SSSR count). The summed E-state index contributed by atoms with van der Waals surface area (Å²) in [6, 6.07) is 27.1. The lowest BCUT2D eigenvalue weighted by Gasteiger charge is -2.13. The number of aryl methyl sites for hydroxylation is 4. The summed E-state index contributed by atoms with van der Waals surface area (Å²) in [5.41, 5.74) is 6.98. The van der Waals surface area contributed by atoms with E-state index in [-0.39, 0.29) is 11.8 Å². The molecule has 0 atom stereocenters. The Kier molecular flexibility index (Phi) is 8.18. The van der Waals surface area contributed by atoms with Gasteiger partial charge >= 0.3 is 0 Å². The maximum Gasteiger partial charge on any atom is 0.255 e. The average molecular weight is 513 g/mol. The number of hydrogen-bond acceptors (Lipinski definition) is 4. The van der Waals surface area contributed by atoms with Crippen molar-refractivity contribution in [2.75, 3.05) is 10.6 Å². The standard InChI is InChI=1S/C30H28N2O2S2/c1-19-13-20(2)16-23(15-19)29(33)31-25-9-5-7-11-27(25)35-36-28-12-8-6-10-26(28)32-30(34)24-17-21(3)14-22(4)18-24/h5-18H,1-4H3,(H,31,33)(H,32,34). The molecule has 36 heavy (non-hydrogen) atoms. The van der Waals surface area contributed by atoms with Crippen molar-refractivity contribution in [3.8, 4) is 0 Å². The van der Waals surface area contributed by atoms with E-state index in [9.17, 15) is 9.59 Å². The largest absolute Gasteiger partial charge is 0.321 e. The highest BCUT2D eigenvalue weighted by Crippen LogP contribution is 2.43. The minimum atomic E-state index is -0.138. The van der Waals surface area contributed by atoms with Crippen LogP contribution in [-0.2, 0) is 0 Å². The molecule has 4 aromatic carbocycles. The fourth-order valence-corrected chi connectivity index (χ4v) is 6.25.